The molecule has 0 saturated carbocycles. The van der Waals surface area contributed by atoms with Gasteiger partial charge in [0, 0.05) is 24.1 Å². The average Bonchev–Trinajstić information content (AvgIpc) is 2.12. The molecule has 1 aromatic carbocycles. The van der Waals surface area contributed by atoms with Crippen molar-refractivity contribution in [2.45, 2.75) is 6.92 Å². The van der Waals surface area contributed by atoms with E-state index in [2.05, 4.69) is 0 Å². The largest absolute Gasteiger partial charge is 0.493 e. The van der Waals surface area contributed by atoms with Crippen molar-refractivity contribution in [3.8, 4) is 5.75 Å². The molecule has 3 nitrogen and oxygen atoms in total. The maximum atomic E-state index is 12.7. The highest BCUT2D eigenvalue weighted by molar-refractivity contribution is 5.79. The number of hydrogen-bond acceptors (Lipinski definition) is 2. The van der Waals surface area contributed by atoms with Gasteiger partial charge in [-0.3, -0.25) is 5.41 Å². The van der Waals surface area contributed by atoms with Crippen LogP contribution in [-0.4, -0.2) is 12.4 Å². The summed E-state index contributed by atoms with van der Waals surface area (Å²) in [6.45, 7) is 1.82. The molecule has 3 N–H and O–H groups in total. The third kappa shape index (κ3) is 3.53. The molecule has 0 aliphatic carbocycles. The average molecular weight is 214 g/mol. The van der Waals surface area contributed by atoms with E-state index in [-0.39, 0.29) is 24.1 Å². The first-order valence-corrected chi connectivity index (χ1v) is 4.42. The first-order chi connectivity index (χ1) is 6.99. The number of halogens is 2. The summed E-state index contributed by atoms with van der Waals surface area (Å²) in [5.41, 5.74) is 5.22. The summed E-state index contributed by atoms with van der Waals surface area (Å²) in [6.07, 6.45) is 0. The van der Waals surface area contributed by atoms with Crippen LogP contribution in [0.2, 0.25) is 0 Å². The monoisotopic (exact) mass is 214 g/mol. The second-order valence-electron chi connectivity index (χ2n) is 3.27. The van der Waals surface area contributed by atoms with E-state index in [1.807, 2.05) is 0 Å². The lowest BCUT2D eigenvalue weighted by molar-refractivity contribution is 0.289. The van der Waals surface area contributed by atoms with Crippen molar-refractivity contribution < 1.29 is 13.5 Å². The second kappa shape index (κ2) is 4.72. The lowest BCUT2D eigenvalue weighted by Gasteiger charge is -2.11. The number of amidine groups is 1. The van der Waals surface area contributed by atoms with Gasteiger partial charge in [0.25, 0.3) is 0 Å². The number of nitrogens with one attached hydrogen (secondary N) is 1. The number of hydrogen-bond donors (Lipinski definition) is 2. The molecule has 15 heavy (non-hydrogen) atoms. The Hall–Kier alpha value is -1.65. The van der Waals surface area contributed by atoms with Crippen molar-refractivity contribution in [2.24, 2.45) is 11.7 Å². The molecule has 82 valence electrons. The van der Waals surface area contributed by atoms with Crippen molar-refractivity contribution in [3.63, 3.8) is 0 Å². The molecule has 0 fully saturated rings. The van der Waals surface area contributed by atoms with Crippen LogP contribution in [0.3, 0.4) is 0 Å². The molecule has 1 rings (SSSR count). The molecule has 0 aliphatic heterocycles. The zero-order chi connectivity index (χ0) is 11.4. The van der Waals surface area contributed by atoms with Crippen molar-refractivity contribution in [2.75, 3.05) is 6.61 Å². The molecule has 0 saturated heterocycles. The summed E-state index contributed by atoms with van der Waals surface area (Å²) in [4.78, 5) is 0. The zero-order valence-electron chi connectivity index (χ0n) is 8.26. The SMILES string of the molecule is CC(COc1cc(F)cc(F)c1)C(=N)N. The van der Waals surface area contributed by atoms with Gasteiger partial charge in [0.15, 0.2) is 0 Å². The van der Waals surface area contributed by atoms with Gasteiger partial charge in [0.05, 0.1) is 12.4 Å². The smallest absolute Gasteiger partial charge is 0.129 e. The third-order valence-corrected chi connectivity index (χ3v) is 1.87. The van der Waals surface area contributed by atoms with Crippen LogP contribution < -0.4 is 10.5 Å². The van der Waals surface area contributed by atoms with Gasteiger partial charge in [-0.2, -0.15) is 0 Å². The van der Waals surface area contributed by atoms with Gasteiger partial charge in [0.1, 0.15) is 17.4 Å². The molecule has 5 heteroatoms. The van der Waals surface area contributed by atoms with Gasteiger partial charge in [-0.15, -0.1) is 0 Å². The number of ether oxygens (including phenoxy) is 1. The second-order valence-corrected chi connectivity index (χ2v) is 3.27. The summed E-state index contributed by atoms with van der Waals surface area (Å²) in [6, 6.07) is 2.92. The molecule has 0 bridgehead atoms. The van der Waals surface area contributed by atoms with Crippen LogP contribution in [0.1, 0.15) is 6.92 Å². The fourth-order valence-electron chi connectivity index (χ4n) is 0.923. The van der Waals surface area contributed by atoms with Gasteiger partial charge in [-0.05, 0) is 0 Å². The lowest BCUT2D eigenvalue weighted by atomic mass is 10.2. The minimum absolute atomic E-state index is 0.0214. The predicted molar refractivity (Wildman–Crippen MR) is 52.9 cm³/mol. The molecule has 0 aliphatic rings. The summed E-state index contributed by atoms with van der Waals surface area (Å²) in [7, 11) is 0. The third-order valence-electron chi connectivity index (χ3n) is 1.87. The normalized spacial score (nSPS) is 12.2. The Bertz CT molecular complexity index is 348. The number of benzene rings is 1. The Balaban J connectivity index is 2.61. The number of nitrogens with two attached hydrogens (primary N) is 1. The standard InChI is InChI=1S/C10H12F2N2O/c1-6(10(13)14)5-15-9-3-7(11)2-8(12)4-9/h2-4,6H,5H2,1H3,(H3,13,14). The summed E-state index contributed by atoms with van der Waals surface area (Å²) in [5, 5.41) is 7.10. The van der Waals surface area contributed by atoms with Crippen LogP contribution in [0.25, 0.3) is 0 Å². The van der Waals surface area contributed by atoms with Crippen LogP contribution in [0.15, 0.2) is 18.2 Å². The first-order valence-electron chi connectivity index (χ1n) is 4.42. The zero-order valence-corrected chi connectivity index (χ0v) is 8.26. The van der Waals surface area contributed by atoms with Gasteiger partial charge in [-0.1, -0.05) is 6.92 Å². The molecular weight excluding hydrogens is 202 g/mol. The molecule has 0 aromatic heterocycles. The van der Waals surface area contributed by atoms with Crippen molar-refractivity contribution in [3.05, 3.63) is 29.8 Å². The summed E-state index contributed by atoms with van der Waals surface area (Å²) < 4.78 is 30.5. The van der Waals surface area contributed by atoms with Crippen LogP contribution in [0, 0.1) is 23.0 Å². The van der Waals surface area contributed by atoms with E-state index in [1.165, 1.54) is 0 Å². The minimum Gasteiger partial charge on any atom is -0.493 e. The maximum absolute atomic E-state index is 12.7. The van der Waals surface area contributed by atoms with Crippen molar-refractivity contribution >= 4 is 5.84 Å². The predicted octanol–water partition coefficient (Wildman–Crippen LogP) is 1.92. The van der Waals surface area contributed by atoms with Gasteiger partial charge in [-0.25, -0.2) is 8.78 Å². The fourth-order valence-corrected chi connectivity index (χ4v) is 0.923. The fraction of sp³-hybridized carbons (Fsp3) is 0.300. The van der Waals surface area contributed by atoms with E-state index in [9.17, 15) is 8.78 Å². The minimum atomic E-state index is -0.694. The summed E-state index contributed by atoms with van der Waals surface area (Å²) >= 11 is 0. The molecule has 0 radical (unpaired) electrons. The van der Waals surface area contributed by atoms with Crippen LogP contribution in [-0.2, 0) is 0 Å². The maximum Gasteiger partial charge on any atom is 0.129 e. The molecule has 0 amide bonds. The molecule has 1 aromatic rings. The van der Waals surface area contributed by atoms with Gasteiger partial charge in [0.2, 0.25) is 0 Å². The first kappa shape index (κ1) is 11.4. The quantitative estimate of drug-likeness (QED) is 0.594. The molecule has 1 unspecified atom stereocenters. The molecular formula is C10H12F2N2O. The topological polar surface area (TPSA) is 59.1 Å². The van der Waals surface area contributed by atoms with Crippen molar-refractivity contribution in [1.82, 2.24) is 0 Å². The van der Waals surface area contributed by atoms with Crippen LogP contribution >= 0.6 is 0 Å². The Morgan fingerprint density at radius 3 is 2.40 bits per heavy atom. The van der Waals surface area contributed by atoms with Gasteiger partial charge < -0.3 is 10.5 Å². The Morgan fingerprint density at radius 2 is 1.93 bits per heavy atom. The van der Waals surface area contributed by atoms with E-state index in [1.54, 1.807) is 6.92 Å². The molecule has 1 atom stereocenters. The molecule has 0 heterocycles. The van der Waals surface area contributed by atoms with Crippen LogP contribution in [0.4, 0.5) is 8.78 Å². The molecule has 0 spiro atoms. The van der Waals surface area contributed by atoms with Crippen LogP contribution in [0.5, 0.6) is 5.75 Å². The van der Waals surface area contributed by atoms with E-state index in [0.717, 1.165) is 18.2 Å². The highest BCUT2D eigenvalue weighted by Gasteiger charge is 2.07. The Labute approximate surface area is 86.4 Å². The van der Waals surface area contributed by atoms with Gasteiger partial charge >= 0.3 is 0 Å². The number of rotatable bonds is 4. The van der Waals surface area contributed by atoms with E-state index < -0.39 is 11.6 Å². The van der Waals surface area contributed by atoms with E-state index in [4.69, 9.17) is 15.9 Å². The Morgan fingerprint density at radius 1 is 1.40 bits per heavy atom. The lowest BCUT2D eigenvalue weighted by Crippen LogP contribution is -2.25. The van der Waals surface area contributed by atoms with Crippen molar-refractivity contribution in [1.29, 1.82) is 5.41 Å². The summed E-state index contributed by atoms with van der Waals surface area (Å²) in [5.74, 6) is -1.59. The highest BCUT2D eigenvalue weighted by atomic mass is 19.1. The Kier molecular flexibility index (Phi) is 3.60. The highest BCUT2D eigenvalue weighted by Crippen LogP contribution is 2.15. The van der Waals surface area contributed by atoms with E-state index in [0.29, 0.717) is 0 Å². The van der Waals surface area contributed by atoms with E-state index >= 15 is 0 Å².